The topological polar surface area (TPSA) is 25.5 Å². The second-order valence-electron chi connectivity index (χ2n) is 5.79. The molecule has 0 saturated carbocycles. The highest BCUT2D eigenvalue weighted by molar-refractivity contribution is 7.71. The molecule has 0 bridgehead atoms. The third-order valence-electron chi connectivity index (χ3n) is 4.31. The molecule has 0 spiro atoms. The molecule has 0 atom stereocenters. The number of benzene rings is 1. The number of pyridine rings is 1. The van der Waals surface area contributed by atoms with Gasteiger partial charge in [-0.25, -0.2) is 4.68 Å². The number of aromatic nitrogens is 3. The fourth-order valence-corrected chi connectivity index (χ4v) is 3.51. The number of rotatable bonds is 2. The maximum atomic E-state index is 5.67. The van der Waals surface area contributed by atoms with Crippen LogP contribution in [0.15, 0.2) is 30.3 Å². The van der Waals surface area contributed by atoms with Crippen LogP contribution in [0.4, 0.5) is 0 Å². The zero-order chi connectivity index (χ0) is 14.4. The van der Waals surface area contributed by atoms with Gasteiger partial charge in [-0.1, -0.05) is 18.2 Å². The van der Waals surface area contributed by atoms with Gasteiger partial charge < -0.3 is 0 Å². The van der Waals surface area contributed by atoms with Crippen LogP contribution < -0.4 is 0 Å². The molecule has 1 saturated heterocycles. The van der Waals surface area contributed by atoms with E-state index in [1.54, 1.807) is 0 Å². The summed E-state index contributed by atoms with van der Waals surface area (Å²) in [6, 6.07) is 10.5. The number of likely N-dealkylation sites (tertiary alicyclic amines) is 1. The number of nitrogens with zero attached hydrogens (tertiary/aromatic N) is 4. The zero-order valence-electron chi connectivity index (χ0n) is 12.1. The molecule has 0 radical (unpaired) electrons. The summed E-state index contributed by atoms with van der Waals surface area (Å²) < 4.78 is 4.84. The molecule has 5 heteroatoms. The van der Waals surface area contributed by atoms with E-state index < -0.39 is 0 Å². The van der Waals surface area contributed by atoms with Gasteiger partial charge in [-0.3, -0.25) is 9.30 Å². The van der Waals surface area contributed by atoms with Gasteiger partial charge in [0.15, 0.2) is 5.65 Å². The summed E-state index contributed by atoms with van der Waals surface area (Å²) in [4.78, 5) is 2.41. The molecule has 108 valence electrons. The van der Waals surface area contributed by atoms with Gasteiger partial charge in [0.25, 0.3) is 0 Å². The highest BCUT2D eigenvalue weighted by atomic mass is 32.1. The monoisotopic (exact) mass is 298 g/mol. The zero-order valence-corrected chi connectivity index (χ0v) is 12.9. The Hall–Kier alpha value is -1.72. The molecule has 0 N–H and O–H groups in total. The van der Waals surface area contributed by atoms with Crippen molar-refractivity contribution in [3.63, 3.8) is 0 Å². The molecule has 21 heavy (non-hydrogen) atoms. The summed E-state index contributed by atoms with van der Waals surface area (Å²) in [5.74, 6) is 0. The van der Waals surface area contributed by atoms with Crippen LogP contribution in [0.25, 0.3) is 16.6 Å². The Kier molecular flexibility index (Phi) is 3.05. The number of hydrogen-bond donors (Lipinski definition) is 0. The summed E-state index contributed by atoms with van der Waals surface area (Å²) in [5.41, 5.74) is 3.33. The minimum Gasteiger partial charge on any atom is -0.284 e. The molecule has 1 fully saturated rings. The van der Waals surface area contributed by atoms with E-state index in [0.717, 1.165) is 35.7 Å². The minimum atomic E-state index is 0.785. The van der Waals surface area contributed by atoms with Crippen molar-refractivity contribution >= 4 is 28.8 Å². The molecule has 3 aromatic rings. The molecule has 0 unspecified atom stereocenters. The largest absolute Gasteiger partial charge is 0.284 e. The van der Waals surface area contributed by atoms with E-state index in [9.17, 15) is 0 Å². The molecular formula is C16H18N4S. The molecule has 1 aromatic carbocycles. The average Bonchev–Trinajstić information content (AvgIpc) is 3.09. The molecule has 3 heterocycles. The highest BCUT2D eigenvalue weighted by Gasteiger charge is 2.15. The lowest BCUT2D eigenvalue weighted by molar-refractivity contribution is 0.254. The Morgan fingerprint density at radius 2 is 1.95 bits per heavy atom. The van der Waals surface area contributed by atoms with Crippen molar-refractivity contribution in [3.8, 4) is 0 Å². The van der Waals surface area contributed by atoms with E-state index in [-0.39, 0.29) is 0 Å². The van der Waals surface area contributed by atoms with Gasteiger partial charge in [0.05, 0.1) is 12.2 Å². The second kappa shape index (κ2) is 4.93. The first-order valence-corrected chi connectivity index (χ1v) is 7.85. The van der Waals surface area contributed by atoms with E-state index in [1.165, 1.54) is 23.8 Å². The van der Waals surface area contributed by atoms with Gasteiger partial charge >= 0.3 is 0 Å². The SMILES string of the molecule is Cc1cc2nn(CN3CCCC3)c(=S)n2c2ccccc12. The van der Waals surface area contributed by atoms with Crippen LogP contribution in [0.1, 0.15) is 18.4 Å². The quantitative estimate of drug-likeness (QED) is 0.678. The number of aryl methyl sites for hydroxylation is 1. The van der Waals surface area contributed by atoms with Crippen LogP contribution in [-0.2, 0) is 6.67 Å². The Balaban J connectivity index is 1.93. The van der Waals surface area contributed by atoms with Crippen LogP contribution in [0, 0.1) is 11.7 Å². The van der Waals surface area contributed by atoms with Crippen molar-refractivity contribution < 1.29 is 0 Å². The summed E-state index contributed by atoms with van der Waals surface area (Å²) in [5, 5.41) is 5.96. The predicted molar refractivity (Wildman–Crippen MR) is 87.1 cm³/mol. The summed E-state index contributed by atoms with van der Waals surface area (Å²) in [6.45, 7) is 5.23. The standard InChI is InChI=1S/C16H18N4S/c1-12-10-15-17-19(11-18-8-4-5-9-18)16(21)20(15)14-7-3-2-6-13(12)14/h2-3,6-7,10H,4-5,8-9,11H2,1H3. The normalized spacial score (nSPS) is 16.2. The number of hydrogen-bond acceptors (Lipinski definition) is 3. The second-order valence-corrected chi connectivity index (χ2v) is 6.15. The Morgan fingerprint density at radius 3 is 2.76 bits per heavy atom. The smallest absolute Gasteiger partial charge is 0.204 e. The first-order valence-electron chi connectivity index (χ1n) is 7.44. The molecule has 0 amide bonds. The van der Waals surface area contributed by atoms with Gasteiger partial charge in [-0.05, 0) is 62.8 Å². The first-order chi connectivity index (χ1) is 10.2. The third-order valence-corrected chi connectivity index (χ3v) is 4.71. The van der Waals surface area contributed by atoms with Crippen LogP contribution in [0.3, 0.4) is 0 Å². The lowest BCUT2D eigenvalue weighted by atomic mass is 10.1. The number of para-hydroxylation sites is 1. The van der Waals surface area contributed by atoms with Crippen molar-refractivity contribution in [1.82, 2.24) is 19.1 Å². The molecule has 4 nitrogen and oxygen atoms in total. The van der Waals surface area contributed by atoms with Gasteiger partial charge in [0.1, 0.15) is 0 Å². The van der Waals surface area contributed by atoms with Gasteiger partial charge in [-0.2, -0.15) is 5.10 Å². The van der Waals surface area contributed by atoms with Crippen molar-refractivity contribution in [2.24, 2.45) is 0 Å². The molecule has 0 aliphatic carbocycles. The fourth-order valence-electron chi connectivity index (χ4n) is 3.22. The van der Waals surface area contributed by atoms with E-state index in [1.807, 2.05) is 4.68 Å². The van der Waals surface area contributed by atoms with Crippen LogP contribution >= 0.6 is 12.2 Å². The molecular weight excluding hydrogens is 280 g/mol. The Labute approximate surface area is 128 Å². The molecule has 4 rings (SSSR count). The summed E-state index contributed by atoms with van der Waals surface area (Å²) in [7, 11) is 0. The maximum absolute atomic E-state index is 5.67. The van der Waals surface area contributed by atoms with Crippen LogP contribution in [-0.4, -0.2) is 32.2 Å². The van der Waals surface area contributed by atoms with Crippen molar-refractivity contribution in [1.29, 1.82) is 0 Å². The molecule has 2 aromatic heterocycles. The first kappa shape index (κ1) is 13.0. The van der Waals surface area contributed by atoms with E-state index >= 15 is 0 Å². The Morgan fingerprint density at radius 1 is 1.19 bits per heavy atom. The van der Waals surface area contributed by atoms with Crippen LogP contribution in [0.2, 0.25) is 0 Å². The molecule has 1 aliphatic heterocycles. The third kappa shape index (κ3) is 2.08. The Bertz CT molecular complexity index is 871. The van der Waals surface area contributed by atoms with Crippen molar-refractivity contribution in [3.05, 3.63) is 40.7 Å². The van der Waals surface area contributed by atoms with Crippen molar-refractivity contribution in [2.45, 2.75) is 26.4 Å². The number of fused-ring (bicyclic) bond motifs is 3. The van der Waals surface area contributed by atoms with E-state index in [2.05, 4.69) is 46.6 Å². The van der Waals surface area contributed by atoms with Gasteiger partial charge in [-0.15, -0.1) is 0 Å². The minimum absolute atomic E-state index is 0.785. The summed E-state index contributed by atoms with van der Waals surface area (Å²) in [6.07, 6.45) is 2.56. The lowest BCUT2D eigenvalue weighted by Crippen LogP contribution is -2.23. The average molecular weight is 298 g/mol. The fraction of sp³-hybridized carbons (Fsp3) is 0.375. The van der Waals surface area contributed by atoms with E-state index in [0.29, 0.717) is 0 Å². The van der Waals surface area contributed by atoms with E-state index in [4.69, 9.17) is 17.3 Å². The predicted octanol–water partition coefficient (Wildman–Crippen LogP) is 3.38. The maximum Gasteiger partial charge on any atom is 0.204 e. The summed E-state index contributed by atoms with van der Waals surface area (Å²) >= 11 is 5.67. The van der Waals surface area contributed by atoms with Crippen molar-refractivity contribution in [2.75, 3.05) is 13.1 Å². The highest BCUT2D eigenvalue weighted by Crippen LogP contribution is 2.21. The lowest BCUT2D eigenvalue weighted by Gasteiger charge is -2.13. The van der Waals surface area contributed by atoms with Crippen LogP contribution in [0.5, 0.6) is 0 Å². The van der Waals surface area contributed by atoms with Gasteiger partial charge in [0.2, 0.25) is 4.77 Å². The molecule has 1 aliphatic rings. The van der Waals surface area contributed by atoms with Gasteiger partial charge in [0, 0.05) is 5.39 Å².